The summed E-state index contributed by atoms with van der Waals surface area (Å²) >= 11 is 6.02. The lowest BCUT2D eigenvalue weighted by atomic mass is 10.1. The van der Waals surface area contributed by atoms with Crippen molar-refractivity contribution < 1.29 is 8.60 Å². The number of hydrogen-bond donors (Lipinski definition) is 1. The smallest absolute Gasteiger partial charge is 0.124 e. The van der Waals surface area contributed by atoms with Crippen molar-refractivity contribution in [1.82, 2.24) is 5.32 Å². The second kappa shape index (κ2) is 5.46. The van der Waals surface area contributed by atoms with Gasteiger partial charge < -0.3 is 5.32 Å². The number of hydrogen-bond acceptors (Lipinski definition) is 2. The van der Waals surface area contributed by atoms with Crippen LogP contribution in [0.15, 0.2) is 18.2 Å². The predicted octanol–water partition coefficient (Wildman–Crippen LogP) is 2.65. The molecule has 0 radical (unpaired) electrons. The van der Waals surface area contributed by atoms with Gasteiger partial charge in [0.25, 0.3) is 0 Å². The van der Waals surface area contributed by atoms with E-state index < -0.39 is 10.8 Å². The van der Waals surface area contributed by atoms with E-state index in [1.54, 1.807) is 6.07 Å². The molecule has 1 saturated heterocycles. The Hall–Kier alpha value is -0.450. The average Bonchev–Trinajstić information content (AvgIpc) is 2.28. The highest BCUT2D eigenvalue weighted by atomic mass is 35.5. The summed E-state index contributed by atoms with van der Waals surface area (Å²) in [7, 11) is -0.829. The molecule has 0 saturated carbocycles. The van der Waals surface area contributed by atoms with Crippen molar-refractivity contribution in [3.05, 3.63) is 34.6 Å². The lowest BCUT2D eigenvalue weighted by Crippen LogP contribution is -2.44. The van der Waals surface area contributed by atoms with E-state index in [4.69, 9.17) is 11.6 Å². The van der Waals surface area contributed by atoms with Crippen LogP contribution in [0.5, 0.6) is 0 Å². The van der Waals surface area contributed by atoms with Gasteiger partial charge in [-0.05, 0) is 24.1 Å². The fourth-order valence-electron chi connectivity index (χ4n) is 2.06. The van der Waals surface area contributed by atoms with Gasteiger partial charge in [0.15, 0.2) is 0 Å². The van der Waals surface area contributed by atoms with Crippen molar-refractivity contribution in [3.63, 3.8) is 0 Å². The summed E-state index contributed by atoms with van der Waals surface area (Å²) in [6.07, 6.45) is 0.932. The third-order valence-corrected chi connectivity index (χ3v) is 4.81. The zero-order valence-corrected chi connectivity index (χ0v) is 11.2. The van der Waals surface area contributed by atoms with Crippen molar-refractivity contribution in [2.24, 2.45) is 0 Å². The standard InChI is InChI=1S/C12H15ClFNOS/c1-2-9-6-17(16)7-12(15-9)10-4-3-8(14)5-11(10)13/h3-5,9,12,15H,2,6-7H2,1H3. The highest BCUT2D eigenvalue weighted by Crippen LogP contribution is 2.27. The van der Waals surface area contributed by atoms with Crippen molar-refractivity contribution in [2.45, 2.75) is 25.4 Å². The molecule has 17 heavy (non-hydrogen) atoms. The van der Waals surface area contributed by atoms with E-state index in [0.29, 0.717) is 16.5 Å². The van der Waals surface area contributed by atoms with E-state index >= 15 is 0 Å². The molecule has 1 heterocycles. The Balaban J connectivity index is 2.23. The van der Waals surface area contributed by atoms with Gasteiger partial charge in [0.1, 0.15) is 5.82 Å². The van der Waals surface area contributed by atoms with E-state index in [9.17, 15) is 8.60 Å². The first-order valence-electron chi connectivity index (χ1n) is 5.66. The maximum Gasteiger partial charge on any atom is 0.124 e. The first kappa shape index (κ1) is 13.0. The molecule has 1 aromatic rings. The number of nitrogens with one attached hydrogen (secondary N) is 1. The van der Waals surface area contributed by atoms with Gasteiger partial charge in [-0.25, -0.2) is 4.39 Å². The maximum absolute atomic E-state index is 13.0. The Morgan fingerprint density at radius 1 is 1.53 bits per heavy atom. The molecule has 1 aromatic carbocycles. The molecule has 0 spiro atoms. The summed E-state index contributed by atoms with van der Waals surface area (Å²) in [6, 6.07) is 4.57. The van der Waals surface area contributed by atoms with Gasteiger partial charge in [-0.3, -0.25) is 4.21 Å². The summed E-state index contributed by atoms with van der Waals surface area (Å²) in [5, 5.41) is 3.81. The van der Waals surface area contributed by atoms with E-state index in [0.717, 1.165) is 12.0 Å². The quantitative estimate of drug-likeness (QED) is 0.899. The van der Waals surface area contributed by atoms with E-state index in [-0.39, 0.29) is 17.9 Å². The van der Waals surface area contributed by atoms with Crippen LogP contribution in [-0.4, -0.2) is 21.8 Å². The van der Waals surface area contributed by atoms with Gasteiger partial charge >= 0.3 is 0 Å². The second-order valence-electron chi connectivity index (χ2n) is 4.26. The topological polar surface area (TPSA) is 29.1 Å². The van der Waals surface area contributed by atoms with Crippen molar-refractivity contribution in [1.29, 1.82) is 0 Å². The molecule has 1 aliphatic rings. The van der Waals surface area contributed by atoms with Crippen molar-refractivity contribution in [2.75, 3.05) is 11.5 Å². The maximum atomic E-state index is 13.0. The second-order valence-corrected chi connectivity index (χ2v) is 6.22. The summed E-state index contributed by atoms with van der Waals surface area (Å²) in [5.74, 6) is 0.885. The Labute approximate surface area is 108 Å². The van der Waals surface area contributed by atoms with Crippen LogP contribution in [0.25, 0.3) is 0 Å². The van der Waals surface area contributed by atoms with Crippen molar-refractivity contribution in [3.8, 4) is 0 Å². The van der Waals surface area contributed by atoms with Gasteiger partial charge in [0.05, 0.1) is 0 Å². The number of halogens is 2. The fourth-order valence-corrected chi connectivity index (χ4v) is 3.92. The molecule has 0 aliphatic carbocycles. The molecular weight excluding hydrogens is 261 g/mol. The zero-order chi connectivity index (χ0) is 12.4. The first-order valence-corrected chi connectivity index (χ1v) is 7.52. The molecule has 0 amide bonds. The third kappa shape index (κ3) is 3.06. The lowest BCUT2D eigenvalue weighted by molar-refractivity contribution is 0.455. The molecule has 5 heteroatoms. The highest BCUT2D eigenvalue weighted by molar-refractivity contribution is 7.85. The summed E-state index contributed by atoms with van der Waals surface area (Å²) in [6.45, 7) is 2.06. The van der Waals surface area contributed by atoms with Crippen LogP contribution in [0.1, 0.15) is 24.9 Å². The molecule has 0 bridgehead atoms. The van der Waals surface area contributed by atoms with E-state index in [2.05, 4.69) is 12.2 Å². The van der Waals surface area contributed by atoms with Crippen LogP contribution in [0.4, 0.5) is 4.39 Å². The largest absolute Gasteiger partial charge is 0.305 e. The fraction of sp³-hybridized carbons (Fsp3) is 0.500. The van der Waals surface area contributed by atoms with Crippen molar-refractivity contribution >= 4 is 22.4 Å². The lowest BCUT2D eigenvalue weighted by Gasteiger charge is -2.30. The minimum Gasteiger partial charge on any atom is -0.305 e. The Morgan fingerprint density at radius 2 is 2.29 bits per heavy atom. The molecule has 1 aliphatic heterocycles. The SMILES string of the molecule is CCC1CS(=O)CC(c2ccc(F)cc2Cl)N1. The van der Waals surface area contributed by atoms with Crippen LogP contribution in [-0.2, 0) is 10.8 Å². The van der Waals surface area contributed by atoms with Gasteiger partial charge in [0.2, 0.25) is 0 Å². The van der Waals surface area contributed by atoms with Gasteiger partial charge in [0, 0.05) is 39.4 Å². The Morgan fingerprint density at radius 3 is 2.94 bits per heavy atom. The summed E-state index contributed by atoms with van der Waals surface area (Å²) in [4.78, 5) is 0. The van der Waals surface area contributed by atoms with Gasteiger partial charge in [-0.1, -0.05) is 24.6 Å². The zero-order valence-electron chi connectivity index (χ0n) is 9.58. The minimum absolute atomic E-state index is 0.0392. The first-order chi connectivity index (χ1) is 8.10. The molecule has 94 valence electrons. The van der Waals surface area contributed by atoms with E-state index in [1.165, 1.54) is 12.1 Å². The van der Waals surface area contributed by atoms with Crippen LogP contribution >= 0.6 is 11.6 Å². The van der Waals surface area contributed by atoms with Gasteiger partial charge in [-0.15, -0.1) is 0 Å². The van der Waals surface area contributed by atoms with Gasteiger partial charge in [-0.2, -0.15) is 0 Å². The predicted molar refractivity (Wildman–Crippen MR) is 69.2 cm³/mol. The average molecular weight is 276 g/mol. The van der Waals surface area contributed by atoms with Crippen LogP contribution in [0.3, 0.4) is 0 Å². The Bertz CT molecular complexity index is 441. The van der Waals surface area contributed by atoms with Crippen LogP contribution < -0.4 is 5.32 Å². The molecule has 3 atom stereocenters. The normalized spacial score (nSPS) is 29.2. The molecule has 3 unspecified atom stereocenters. The molecule has 2 rings (SSSR count). The van der Waals surface area contributed by atoms with E-state index in [1.807, 2.05) is 0 Å². The molecule has 1 fully saturated rings. The van der Waals surface area contributed by atoms with Crippen LogP contribution in [0, 0.1) is 5.82 Å². The minimum atomic E-state index is -0.829. The highest BCUT2D eigenvalue weighted by Gasteiger charge is 2.27. The summed E-state index contributed by atoms with van der Waals surface area (Å²) in [5.41, 5.74) is 0.833. The molecular formula is C12H15ClFNOS. The molecule has 1 N–H and O–H groups in total. The number of benzene rings is 1. The summed E-state index contributed by atoms with van der Waals surface area (Å²) < 4.78 is 24.7. The third-order valence-electron chi connectivity index (χ3n) is 3.01. The number of rotatable bonds is 2. The molecule has 0 aromatic heterocycles. The monoisotopic (exact) mass is 275 g/mol. The molecule has 2 nitrogen and oxygen atoms in total. The Kier molecular flexibility index (Phi) is 4.17. The van der Waals surface area contributed by atoms with Crippen LogP contribution in [0.2, 0.25) is 5.02 Å².